The molecule has 2 aromatic carbocycles. The first kappa shape index (κ1) is 10.7. The number of hydrogen-bond donors (Lipinski definition) is 1. The first-order valence-electron chi connectivity index (χ1n) is 5.72. The number of tetrazole rings is 1. The fourth-order valence-corrected chi connectivity index (χ4v) is 1.88. The molecule has 90 valence electrons. The lowest BCUT2D eigenvalue weighted by molar-refractivity contribution is 0.219. The van der Waals surface area contributed by atoms with Gasteiger partial charge < -0.3 is 4.74 Å². The summed E-state index contributed by atoms with van der Waals surface area (Å²) in [6.07, 6.45) is -0.241. The van der Waals surface area contributed by atoms with E-state index in [0.717, 1.165) is 16.5 Å². The lowest BCUT2D eigenvalue weighted by Gasteiger charge is -2.13. The number of ether oxygens (including phenoxy) is 1. The summed E-state index contributed by atoms with van der Waals surface area (Å²) in [7, 11) is 0. The number of rotatable bonds is 3. The Kier molecular flexibility index (Phi) is 2.64. The molecular formula is C13H12N4O. The van der Waals surface area contributed by atoms with E-state index in [2.05, 4.69) is 32.8 Å². The zero-order chi connectivity index (χ0) is 12.4. The molecule has 0 fully saturated rings. The Balaban J connectivity index is 1.95. The lowest BCUT2D eigenvalue weighted by atomic mass is 10.1. The third-order valence-electron chi connectivity index (χ3n) is 2.78. The van der Waals surface area contributed by atoms with Gasteiger partial charge in [-0.15, -0.1) is 10.2 Å². The summed E-state index contributed by atoms with van der Waals surface area (Å²) in [5, 5.41) is 16.0. The van der Waals surface area contributed by atoms with Crippen LogP contribution < -0.4 is 4.74 Å². The molecule has 0 saturated heterocycles. The molecule has 0 spiro atoms. The molecule has 3 aromatic rings. The average Bonchev–Trinajstić information content (AvgIpc) is 2.93. The van der Waals surface area contributed by atoms with Crippen molar-refractivity contribution in [3.05, 3.63) is 48.3 Å². The van der Waals surface area contributed by atoms with Gasteiger partial charge in [0, 0.05) is 5.39 Å². The molecule has 1 aromatic heterocycles. The monoisotopic (exact) mass is 240 g/mol. The van der Waals surface area contributed by atoms with Crippen LogP contribution in [0.2, 0.25) is 0 Å². The van der Waals surface area contributed by atoms with Gasteiger partial charge in [-0.1, -0.05) is 41.6 Å². The second-order valence-electron chi connectivity index (χ2n) is 4.01. The van der Waals surface area contributed by atoms with Crippen molar-refractivity contribution in [1.82, 2.24) is 20.6 Å². The van der Waals surface area contributed by atoms with Crippen LogP contribution in [-0.4, -0.2) is 20.6 Å². The predicted octanol–water partition coefficient (Wildman–Crippen LogP) is 2.49. The molecule has 0 saturated carbocycles. The topological polar surface area (TPSA) is 63.7 Å². The first-order valence-corrected chi connectivity index (χ1v) is 5.72. The molecule has 5 heteroatoms. The van der Waals surface area contributed by atoms with E-state index in [9.17, 15) is 0 Å². The smallest absolute Gasteiger partial charge is 0.214 e. The summed E-state index contributed by atoms with van der Waals surface area (Å²) in [6, 6.07) is 14.1. The number of H-pyrrole nitrogens is 1. The molecule has 18 heavy (non-hydrogen) atoms. The van der Waals surface area contributed by atoms with Crippen molar-refractivity contribution in [1.29, 1.82) is 0 Å². The molecule has 1 heterocycles. The predicted molar refractivity (Wildman–Crippen MR) is 67.2 cm³/mol. The maximum absolute atomic E-state index is 5.89. The van der Waals surface area contributed by atoms with Gasteiger partial charge in [0.1, 0.15) is 5.75 Å². The molecule has 1 N–H and O–H groups in total. The van der Waals surface area contributed by atoms with Gasteiger partial charge in [-0.2, -0.15) is 5.21 Å². The van der Waals surface area contributed by atoms with E-state index >= 15 is 0 Å². The van der Waals surface area contributed by atoms with E-state index < -0.39 is 0 Å². The minimum atomic E-state index is -0.241. The van der Waals surface area contributed by atoms with Gasteiger partial charge in [-0.25, -0.2) is 0 Å². The van der Waals surface area contributed by atoms with E-state index in [1.54, 1.807) is 0 Å². The quantitative estimate of drug-likeness (QED) is 0.764. The highest BCUT2D eigenvalue weighted by molar-refractivity contribution is 5.88. The Bertz CT molecular complexity index is 646. The molecule has 0 aliphatic carbocycles. The van der Waals surface area contributed by atoms with Crippen LogP contribution in [0.4, 0.5) is 0 Å². The Morgan fingerprint density at radius 3 is 2.78 bits per heavy atom. The minimum absolute atomic E-state index is 0.241. The summed E-state index contributed by atoms with van der Waals surface area (Å²) >= 11 is 0. The normalized spacial score (nSPS) is 12.5. The molecular weight excluding hydrogens is 228 g/mol. The largest absolute Gasteiger partial charge is 0.482 e. The molecule has 0 aliphatic rings. The zero-order valence-electron chi connectivity index (χ0n) is 9.87. The standard InChI is InChI=1S/C13H12N4O/c1-9(13-14-16-17-15-13)18-12-8-4-6-10-5-2-3-7-11(10)12/h2-9H,1H3,(H,14,15,16,17). The van der Waals surface area contributed by atoms with Crippen LogP contribution in [0.1, 0.15) is 18.9 Å². The van der Waals surface area contributed by atoms with E-state index in [0.29, 0.717) is 5.82 Å². The second kappa shape index (κ2) is 4.44. The molecule has 3 rings (SSSR count). The van der Waals surface area contributed by atoms with Crippen LogP contribution >= 0.6 is 0 Å². The number of nitrogens with one attached hydrogen (secondary N) is 1. The van der Waals surface area contributed by atoms with Gasteiger partial charge in [-0.05, 0) is 18.4 Å². The Hall–Kier alpha value is -2.43. The number of benzene rings is 2. The van der Waals surface area contributed by atoms with Gasteiger partial charge in [-0.3, -0.25) is 0 Å². The molecule has 5 nitrogen and oxygen atoms in total. The highest BCUT2D eigenvalue weighted by Crippen LogP contribution is 2.28. The summed E-state index contributed by atoms with van der Waals surface area (Å²) in [5.74, 6) is 1.37. The summed E-state index contributed by atoms with van der Waals surface area (Å²) < 4.78 is 5.89. The highest BCUT2D eigenvalue weighted by atomic mass is 16.5. The number of hydrogen-bond acceptors (Lipinski definition) is 4. The zero-order valence-corrected chi connectivity index (χ0v) is 9.87. The maximum atomic E-state index is 5.89. The molecule has 1 unspecified atom stereocenters. The fourth-order valence-electron chi connectivity index (χ4n) is 1.88. The Morgan fingerprint density at radius 1 is 1.11 bits per heavy atom. The van der Waals surface area contributed by atoms with Crippen molar-refractivity contribution in [3.8, 4) is 5.75 Å². The summed E-state index contributed by atoms with van der Waals surface area (Å²) in [6.45, 7) is 1.90. The third kappa shape index (κ3) is 1.90. The van der Waals surface area contributed by atoms with E-state index in [1.807, 2.05) is 37.3 Å². The Labute approximate surface area is 104 Å². The van der Waals surface area contributed by atoms with Gasteiger partial charge >= 0.3 is 0 Å². The molecule has 0 bridgehead atoms. The van der Waals surface area contributed by atoms with Crippen molar-refractivity contribution in [2.24, 2.45) is 0 Å². The Morgan fingerprint density at radius 2 is 1.94 bits per heavy atom. The number of aromatic nitrogens is 4. The fraction of sp³-hybridized carbons (Fsp3) is 0.154. The molecule has 0 radical (unpaired) electrons. The van der Waals surface area contributed by atoms with Gasteiger partial charge in [0.25, 0.3) is 0 Å². The van der Waals surface area contributed by atoms with E-state index in [1.165, 1.54) is 0 Å². The molecule has 0 aliphatic heterocycles. The van der Waals surface area contributed by atoms with Crippen molar-refractivity contribution in [2.45, 2.75) is 13.0 Å². The highest BCUT2D eigenvalue weighted by Gasteiger charge is 2.13. The van der Waals surface area contributed by atoms with Gasteiger partial charge in [0.2, 0.25) is 5.82 Å². The number of nitrogens with zero attached hydrogens (tertiary/aromatic N) is 3. The van der Waals surface area contributed by atoms with Crippen LogP contribution in [0.25, 0.3) is 10.8 Å². The van der Waals surface area contributed by atoms with Crippen molar-refractivity contribution in [2.75, 3.05) is 0 Å². The SMILES string of the molecule is CC(Oc1cccc2ccccc12)c1nn[nH]n1. The molecule has 0 amide bonds. The van der Waals surface area contributed by atoms with Gasteiger partial charge in [0.05, 0.1) is 0 Å². The maximum Gasteiger partial charge on any atom is 0.214 e. The van der Waals surface area contributed by atoms with Crippen LogP contribution in [-0.2, 0) is 0 Å². The van der Waals surface area contributed by atoms with E-state index in [4.69, 9.17) is 4.74 Å². The van der Waals surface area contributed by atoms with Crippen molar-refractivity contribution >= 4 is 10.8 Å². The van der Waals surface area contributed by atoms with Crippen LogP contribution in [0.5, 0.6) is 5.75 Å². The van der Waals surface area contributed by atoms with Crippen molar-refractivity contribution in [3.63, 3.8) is 0 Å². The third-order valence-corrected chi connectivity index (χ3v) is 2.78. The van der Waals surface area contributed by atoms with Crippen LogP contribution in [0.15, 0.2) is 42.5 Å². The minimum Gasteiger partial charge on any atom is -0.482 e. The lowest BCUT2D eigenvalue weighted by Crippen LogP contribution is -2.05. The number of aromatic amines is 1. The summed E-state index contributed by atoms with van der Waals surface area (Å²) in [5.41, 5.74) is 0. The van der Waals surface area contributed by atoms with Crippen LogP contribution in [0.3, 0.4) is 0 Å². The van der Waals surface area contributed by atoms with Gasteiger partial charge in [0.15, 0.2) is 6.10 Å². The van der Waals surface area contributed by atoms with Crippen LogP contribution in [0, 0.1) is 0 Å². The van der Waals surface area contributed by atoms with E-state index in [-0.39, 0.29) is 6.10 Å². The second-order valence-corrected chi connectivity index (χ2v) is 4.01. The van der Waals surface area contributed by atoms with Crippen molar-refractivity contribution < 1.29 is 4.74 Å². The molecule has 1 atom stereocenters. The first-order chi connectivity index (χ1) is 8.84. The number of fused-ring (bicyclic) bond motifs is 1. The average molecular weight is 240 g/mol. The summed E-state index contributed by atoms with van der Waals surface area (Å²) in [4.78, 5) is 0.